The Morgan fingerprint density at radius 3 is 2.47 bits per heavy atom. The highest BCUT2D eigenvalue weighted by molar-refractivity contribution is 5.91. The van der Waals surface area contributed by atoms with Crippen LogP contribution in [0.15, 0.2) is 53.6 Å². The summed E-state index contributed by atoms with van der Waals surface area (Å²) in [5, 5.41) is 6.93. The number of carbonyl (C=O) groups excluding carboxylic acids is 1. The maximum Gasteiger partial charge on any atom is 0.339 e. The summed E-state index contributed by atoms with van der Waals surface area (Å²) >= 11 is 0. The minimum Gasteiger partial charge on any atom is -0.494 e. The second kappa shape index (κ2) is 9.31. The first-order chi connectivity index (χ1) is 14.4. The molecule has 0 saturated heterocycles. The number of ether oxygens (including phenoxy) is 1. The Kier molecular flexibility index (Phi) is 6.57. The first-order valence-electron chi connectivity index (χ1n) is 9.98. The molecule has 0 fully saturated rings. The maximum atomic E-state index is 12.2. The third-order valence-corrected chi connectivity index (χ3v) is 4.88. The number of hydrogen-bond donors (Lipinski definition) is 2. The number of nitrogens with zero attached hydrogens (tertiary/aromatic N) is 2. The molecule has 0 bridgehead atoms. The average molecular weight is 405 g/mol. The number of aryl methyl sites for hydroxylation is 3. The summed E-state index contributed by atoms with van der Waals surface area (Å²) in [4.78, 5) is 12.2. The van der Waals surface area contributed by atoms with Crippen LogP contribution >= 0.6 is 0 Å². The Morgan fingerprint density at radius 2 is 1.80 bits per heavy atom. The molecule has 3 aromatic rings. The molecular formula is C24H28N4O2. The fourth-order valence-corrected chi connectivity index (χ4v) is 3.44. The van der Waals surface area contributed by atoms with Gasteiger partial charge in [0.2, 0.25) is 0 Å². The van der Waals surface area contributed by atoms with Crippen molar-refractivity contribution in [1.29, 1.82) is 0 Å². The lowest BCUT2D eigenvalue weighted by atomic mass is 10.1. The third-order valence-electron chi connectivity index (χ3n) is 4.88. The van der Waals surface area contributed by atoms with Crippen molar-refractivity contribution in [2.75, 3.05) is 11.9 Å². The van der Waals surface area contributed by atoms with Crippen LogP contribution in [-0.4, -0.2) is 23.4 Å². The second-order valence-electron chi connectivity index (χ2n) is 7.23. The molecule has 0 atom stereocenters. The molecule has 0 aliphatic rings. The van der Waals surface area contributed by atoms with Crippen molar-refractivity contribution in [3.8, 4) is 11.4 Å². The number of rotatable bonds is 6. The molecule has 1 heterocycles. The molecule has 2 amide bonds. The van der Waals surface area contributed by atoms with Crippen LogP contribution in [0, 0.1) is 27.7 Å². The van der Waals surface area contributed by atoms with E-state index in [1.54, 1.807) is 6.21 Å². The van der Waals surface area contributed by atoms with Crippen LogP contribution in [-0.2, 0) is 0 Å². The first-order valence-corrected chi connectivity index (χ1v) is 9.98. The molecule has 0 unspecified atom stereocenters. The predicted octanol–water partition coefficient (Wildman–Crippen LogP) is 5.27. The standard InChI is InChI=1S/C24H28N4O2/c1-6-30-22-10-8-21(9-11-22)28-18(4)14-20(19(28)5)15-25-27-24(29)26-23-12-7-16(2)13-17(23)3/h7-15H,6H2,1-5H3,(H2,26,27,29)/b25-15+. The van der Waals surface area contributed by atoms with E-state index in [1.807, 2.05) is 83.1 Å². The van der Waals surface area contributed by atoms with Gasteiger partial charge in [-0.05, 0) is 76.6 Å². The molecular weight excluding hydrogens is 376 g/mol. The van der Waals surface area contributed by atoms with Gasteiger partial charge in [0.1, 0.15) is 5.75 Å². The number of hydrazone groups is 1. The first kappa shape index (κ1) is 21.2. The Bertz CT molecular complexity index is 1070. The van der Waals surface area contributed by atoms with Crippen LogP contribution in [0.5, 0.6) is 5.75 Å². The SMILES string of the molecule is CCOc1ccc(-n2c(C)cc(/C=N/NC(=O)Nc3ccc(C)cc3C)c2C)cc1. The minimum atomic E-state index is -0.376. The zero-order valence-electron chi connectivity index (χ0n) is 18.1. The number of hydrogen-bond acceptors (Lipinski definition) is 3. The van der Waals surface area contributed by atoms with Crippen molar-refractivity contribution in [2.45, 2.75) is 34.6 Å². The van der Waals surface area contributed by atoms with Gasteiger partial charge in [-0.25, -0.2) is 10.2 Å². The molecule has 0 aliphatic carbocycles. The maximum absolute atomic E-state index is 12.2. The van der Waals surface area contributed by atoms with Gasteiger partial charge in [-0.3, -0.25) is 0 Å². The van der Waals surface area contributed by atoms with E-state index in [9.17, 15) is 4.79 Å². The summed E-state index contributed by atoms with van der Waals surface area (Å²) in [7, 11) is 0. The summed E-state index contributed by atoms with van der Waals surface area (Å²) in [5.74, 6) is 0.851. The van der Waals surface area contributed by atoms with Crippen molar-refractivity contribution in [2.24, 2.45) is 5.10 Å². The van der Waals surface area contributed by atoms with Crippen molar-refractivity contribution in [1.82, 2.24) is 9.99 Å². The summed E-state index contributed by atoms with van der Waals surface area (Å²) in [5.41, 5.74) is 9.57. The number of aromatic nitrogens is 1. The van der Waals surface area contributed by atoms with Crippen LogP contribution in [0.25, 0.3) is 5.69 Å². The number of anilines is 1. The quantitative estimate of drug-likeness (QED) is 0.434. The van der Waals surface area contributed by atoms with Crippen molar-refractivity contribution in [3.63, 3.8) is 0 Å². The molecule has 30 heavy (non-hydrogen) atoms. The Balaban J connectivity index is 1.69. The number of urea groups is 1. The van der Waals surface area contributed by atoms with Gasteiger partial charge < -0.3 is 14.6 Å². The number of benzene rings is 2. The normalized spacial score (nSPS) is 11.0. The smallest absolute Gasteiger partial charge is 0.339 e. The molecule has 0 radical (unpaired) electrons. The van der Waals surface area contributed by atoms with E-state index in [2.05, 4.69) is 20.4 Å². The van der Waals surface area contributed by atoms with Gasteiger partial charge in [0.25, 0.3) is 0 Å². The third kappa shape index (κ3) is 4.89. The van der Waals surface area contributed by atoms with Crippen molar-refractivity contribution >= 4 is 17.9 Å². The molecule has 0 saturated carbocycles. The van der Waals surface area contributed by atoms with Crippen LogP contribution in [0.2, 0.25) is 0 Å². The van der Waals surface area contributed by atoms with Crippen LogP contribution < -0.4 is 15.5 Å². The number of amides is 2. The highest BCUT2D eigenvalue weighted by atomic mass is 16.5. The van der Waals surface area contributed by atoms with Gasteiger partial charge in [0.15, 0.2) is 0 Å². The zero-order chi connectivity index (χ0) is 21.7. The summed E-state index contributed by atoms with van der Waals surface area (Å²) in [6, 6.07) is 15.5. The summed E-state index contributed by atoms with van der Waals surface area (Å²) in [6.45, 7) is 10.7. The number of carbonyl (C=O) groups is 1. The van der Waals surface area contributed by atoms with E-state index >= 15 is 0 Å². The fourth-order valence-electron chi connectivity index (χ4n) is 3.44. The molecule has 0 aliphatic heterocycles. The van der Waals surface area contributed by atoms with Crippen LogP contribution in [0.1, 0.15) is 35.0 Å². The van der Waals surface area contributed by atoms with E-state index < -0.39 is 0 Å². The average Bonchev–Trinajstić information content (AvgIpc) is 2.98. The van der Waals surface area contributed by atoms with Gasteiger partial charge in [-0.1, -0.05) is 17.7 Å². The van der Waals surface area contributed by atoms with Gasteiger partial charge in [-0.15, -0.1) is 0 Å². The van der Waals surface area contributed by atoms with E-state index in [1.165, 1.54) is 0 Å². The lowest BCUT2D eigenvalue weighted by Crippen LogP contribution is -2.24. The topological polar surface area (TPSA) is 67.6 Å². The van der Waals surface area contributed by atoms with E-state index in [0.717, 1.165) is 45.2 Å². The van der Waals surface area contributed by atoms with Crippen LogP contribution in [0.4, 0.5) is 10.5 Å². The van der Waals surface area contributed by atoms with Crippen LogP contribution in [0.3, 0.4) is 0 Å². The predicted molar refractivity (Wildman–Crippen MR) is 122 cm³/mol. The molecule has 1 aromatic heterocycles. The van der Waals surface area contributed by atoms with E-state index in [4.69, 9.17) is 4.74 Å². The Hall–Kier alpha value is -3.54. The second-order valence-corrected chi connectivity index (χ2v) is 7.23. The lowest BCUT2D eigenvalue weighted by Gasteiger charge is -2.11. The van der Waals surface area contributed by atoms with Crippen molar-refractivity contribution in [3.05, 3.63) is 76.6 Å². The Labute approximate surface area is 177 Å². The molecule has 2 aromatic carbocycles. The molecule has 6 heteroatoms. The Morgan fingerprint density at radius 1 is 1.07 bits per heavy atom. The van der Waals surface area contributed by atoms with Crippen molar-refractivity contribution < 1.29 is 9.53 Å². The lowest BCUT2D eigenvalue weighted by molar-refractivity contribution is 0.252. The van der Waals surface area contributed by atoms with Gasteiger partial charge in [0, 0.05) is 28.3 Å². The minimum absolute atomic E-state index is 0.376. The number of nitrogens with one attached hydrogen (secondary N) is 2. The molecule has 156 valence electrons. The van der Waals surface area contributed by atoms with Gasteiger partial charge >= 0.3 is 6.03 Å². The van der Waals surface area contributed by atoms with Gasteiger partial charge in [0.05, 0.1) is 12.8 Å². The van der Waals surface area contributed by atoms with Gasteiger partial charge in [-0.2, -0.15) is 5.10 Å². The molecule has 0 spiro atoms. The molecule has 3 rings (SSSR count). The monoisotopic (exact) mass is 404 g/mol. The van der Waals surface area contributed by atoms with E-state index in [0.29, 0.717) is 6.61 Å². The largest absolute Gasteiger partial charge is 0.494 e. The zero-order valence-corrected chi connectivity index (χ0v) is 18.1. The summed E-state index contributed by atoms with van der Waals surface area (Å²) < 4.78 is 7.66. The highest BCUT2D eigenvalue weighted by Gasteiger charge is 2.10. The molecule has 6 nitrogen and oxygen atoms in total. The molecule has 2 N–H and O–H groups in total. The van der Waals surface area contributed by atoms with E-state index in [-0.39, 0.29) is 6.03 Å². The highest BCUT2D eigenvalue weighted by Crippen LogP contribution is 2.22. The summed E-state index contributed by atoms with van der Waals surface area (Å²) in [6.07, 6.45) is 1.66. The fraction of sp³-hybridized carbons (Fsp3) is 0.250.